The van der Waals surface area contributed by atoms with Crippen LogP contribution in [0.15, 0.2) is 30.4 Å². The summed E-state index contributed by atoms with van der Waals surface area (Å²) in [5.41, 5.74) is -1.49. The highest BCUT2D eigenvalue weighted by Crippen LogP contribution is 2.54. The zero-order chi connectivity index (χ0) is 22.7. The number of amides is 2. The van der Waals surface area contributed by atoms with E-state index in [1.165, 1.54) is 18.2 Å². The number of carbonyl (C=O) groups is 4. The summed E-state index contributed by atoms with van der Waals surface area (Å²) in [5, 5.41) is 11.3. The Morgan fingerprint density at radius 3 is 2.42 bits per heavy atom. The quantitative estimate of drug-likeness (QED) is 0.168. The smallest absolute Gasteiger partial charge is 0.305 e. The molecule has 0 aliphatic carbocycles. The van der Waals surface area contributed by atoms with Gasteiger partial charge in [0.25, 0.3) is 12.0 Å². The van der Waals surface area contributed by atoms with E-state index in [9.17, 15) is 29.3 Å². The molecule has 11 nitrogen and oxygen atoms in total. The summed E-state index contributed by atoms with van der Waals surface area (Å²) in [5.74, 6) is -4.93. The lowest BCUT2D eigenvalue weighted by Crippen LogP contribution is -2.52. The van der Waals surface area contributed by atoms with E-state index in [1.54, 1.807) is 13.0 Å². The third-order valence-corrected chi connectivity index (χ3v) is 5.64. The summed E-state index contributed by atoms with van der Waals surface area (Å²) in [4.78, 5) is 61.3. The highest BCUT2D eigenvalue weighted by molar-refractivity contribution is 6.23. The normalized spacial score (nSPS) is 28.3. The number of nitro benzene ring substituents is 1. The first-order valence-corrected chi connectivity index (χ1v) is 9.41. The number of hydrogen-bond donors (Lipinski definition) is 0. The fraction of sp³-hybridized carbons (Fsp3) is 0.400. The molecule has 0 radical (unpaired) electrons. The van der Waals surface area contributed by atoms with Crippen molar-refractivity contribution in [3.8, 4) is 0 Å². The number of benzene rings is 1. The number of nitro groups is 1. The van der Waals surface area contributed by atoms with E-state index in [0.29, 0.717) is 5.56 Å². The van der Waals surface area contributed by atoms with Gasteiger partial charge in [0, 0.05) is 25.5 Å². The molecule has 2 saturated heterocycles. The second-order valence-electron chi connectivity index (χ2n) is 7.59. The highest BCUT2D eigenvalue weighted by Gasteiger charge is 2.72. The number of nitrogens with zero attached hydrogens (tertiary/aromatic N) is 2. The SMILES string of the molecule is CC(=O)OC(OC(C)=O)[C@@]12C=C[C@@H](O1)[C@H]1C(=O)N(c3ccc(C)c([N+](=O)[O-])c3)C(=O)[C@@H]12. The predicted molar refractivity (Wildman–Crippen MR) is 101 cm³/mol. The van der Waals surface area contributed by atoms with E-state index in [2.05, 4.69) is 0 Å². The molecular weight excluding hydrogens is 412 g/mol. The van der Waals surface area contributed by atoms with E-state index in [0.717, 1.165) is 24.8 Å². The number of aryl methyl sites for hydroxylation is 1. The molecule has 4 atom stereocenters. The van der Waals surface area contributed by atoms with Crippen molar-refractivity contribution in [1.29, 1.82) is 0 Å². The fourth-order valence-electron chi connectivity index (χ4n) is 4.40. The zero-order valence-electron chi connectivity index (χ0n) is 16.8. The van der Waals surface area contributed by atoms with Gasteiger partial charge in [0.1, 0.15) is 0 Å². The van der Waals surface area contributed by atoms with Crippen LogP contribution in [0.4, 0.5) is 11.4 Å². The number of imide groups is 1. The molecule has 0 saturated carbocycles. The highest BCUT2D eigenvalue weighted by atomic mass is 16.7. The summed E-state index contributed by atoms with van der Waals surface area (Å²) < 4.78 is 16.1. The van der Waals surface area contributed by atoms with Gasteiger partial charge in [-0.15, -0.1) is 0 Å². The van der Waals surface area contributed by atoms with Crippen LogP contribution in [0.2, 0.25) is 0 Å². The first-order valence-electron chi connectivity index (χ1n) is 9.41. The number of anilines is 1. The fourth-order valence-corrected chi connectivity index (χ4v) is 4.40. The van der Waals surface area contributed by atoms with Crippen molar-refractivity contribution < 1.29 is 38.3 Å². The van der Waals surface area contributed by atoms with E-state index in [-0.39, 0.29) is 11.4 Å². The summed E-state index contributed by atoms with van der Waals surface area (Å²) in [7, 11) is 0. The van der Waals surface area contributed by atoms with Crippen LogP contribution in [0.3, 0.4) is 0 Å². The van der Waals surface area contributed by atoms with Gasteiger partial charge in [0.2, 0.25) is 11.8 Å². The lowest BCUT2D eigenvalue weighted by atomic mass is 9.76. The van der Waals surface area contributed by atoms with E-state index < -0.39 is 58.5 Å². The van der Waals surface area contributed by atoms with Crippen LogP contribution in [0.25, 0.3) is 0 Å². The molecule has 1 aromatic rings. The van der Waals surface area contributed by atoms with Crippen LogP contribution in [0, 0.1) is 28.9 Å². The molecule has 0 N–H and O–H groups in total. The van der Waals surface area contributed by atoms with Gasteiger partial charge in [-0.25, -0.2) is 4.90 Å². The molecule has 0 aromatic heterocycles. The van der Waals surface area contributed by atoms with Gasteiger partial charge in [0.15, 0.2) is 5.60 Å². The van der Waals surface area contributed by atoms with Gasteiger partial charge in [-0.3, -0.25) is 29.3 Å². The lowest BCUT2D eigenvalue weighted by Gasteiger charge is -2.34. The maximum Gasteiger partial charge on any atom is 0.305 e. The molecule has 2 amide bonds. The molecule has 0 unspecified atom stereocenters. The summed E-state index contributed by atoms with van der Waals surface area (Å²) in [6.07, 6.45) is 0.623. The topological polar surface area (TPSA) is 142 Å². The molecule has 2 fully saturated rings. The average molecular weight is 430 g/mol. The Morgan fingerprint density at radius 2 is 1.84 bits per heavy atom. The second-order valence-corrected chi connectivity index (χ2v) is 7.59. The van der Waals surface area contributed by atoms with Crippen LogP contribution in [0.5, 0.6) is 0 Å². The van der Waals surface area contributed by atoms with Crippen molar-refractivity contribution in [2.45, 2.75) is 38.8 Å². The molecule has 31 heavy (non-hydrogen) atoms. The van der Waals surface area contributed by atoms with Crippen molar-refractivity contribution in [1.82, 2.24) is 0 Å². The molecule has 1 aromatic carbocycles. The first-order chi connectivity index (χ1) is 14.6. The molecule has 3 aliphatic heterocycles. The first kappa shape index (κ1) is 20.7. The van der Waals surface area contributed by atoms with Crippen molar-refractivity contribution in [3.05, 3.63) is 46.0 Å². The lowest BCUT2D eigenvalue weighted by molar-refractivity contribution is -0.385. The molecule has 2 bridgehead atoms. The van der Waals surface area contributed by atoms with Crippen molar-refractivity contribution >= 4 is 35.1 Å². The number of rotatable bonds is 5. The van der Waals surface area contributed by atoms with Gasteiger partial charge in [0.05, 0.1) is 28.6 Å². The van der Waals surface area contributed by atoms with Crippen LogP contribution in [-0.4, -0.2) is 46.7 Å². The van der Waals surface area contributed by atoms with Gasteiger partial charge >= 0.3 is 11.9 Å². The van der Waals surface area contributed by atoms with Crippen molar-refractivity contribution in [3.63, 3.8) is 0 Å². The van der Waals surface area contributed by atoms with Crippen LogP contribution < -0.4 is 4.90 Å². The maximum absolute atomic E-state index is 13.4. The van der Waals surface area contributed by atoms with Gasteiger partial charge in [-0.1, -0.05) is 12.1 Å². The third kappa shape index (κ3) is 3.00. The minimum absolute atomic E-state index is 0.0489. The summed E-state index contributed by atoms with van der Waals surface area (Å²) in [6, 6.07) is 4.05. The molecule has 0 spiro atoms. The van der Waals surface area contributed by atoms with E-state index in [1.807, 2.05) is 0 Å². The van der Waals surface area contributed by atoms with Crippen LogP contribution in [-0.2, 0) is 33.4 Å². The minimum atomic E-state index is -1.68. The van der Waals surface area contributed by atoms with Gasteiger partial charge in [-0.05, 0) is 19.1 Å². The maximum atomic E-state index is 13.4. The third-order valence-electron chi connectivity index (χ3n) is 5.64. The number of hydrogen-bond acceptors (Lipinski definition) is 9. The molecule has 3 aliphatic rings. The molecule has 11 heteroatoms. The largest absolute Gasteiger partial charge is 0.422 e. The average Bonchev–Trinajstić information content (AvgIpc) is 3.32. The zero-order valence-corrected chi connectivity index (χ0v) is 16.8. The second kappa shape index (κ2) is 6.98. The number of esters is 2. The monoisotopic (exact) mass is 430 g/mol. The Kier molecular flexibility index (Phi) is 4.65. The predicted octanol–water partition coefficient (Wildman–Crippen LogP) is 1.17. The number of ether oxygens (including phenoxy) is 3. The number of fused-ring (bicyclic) bond motifs is 5. The molecule has 162 valence electrons. The molecule has 3 heterocycles. The number of carbonyl (C=O) groups excluding carboxylic acids is 4. The Balaban J connectivity index is 1.76. The Labute approximate surface area is 175 Å². The minimum Gasteiger partial charge on any atom is -0.422 e. The summed E-state index contributed by atoms with van der Waals surface area (Å²) >= 11 is 0. The molecular formula is C20H18N2O9. The van der Waals surface area contributed by atoms with E-state index in [4.69, 9.17) is 14.2 Å². The Bertz CT molecular complexity index is 1050. The van der Waals surface area contributed by atoms with Gasteiger partial charge in [-0.2, -0.15) is 0 Å². The standard InChI is InChI=1S/C20H18N2O9/c1-9-4-5-12(8-13(9)22(27)28)21-17(25)15-14-6-7-20(31-14,16(15)18(21)26)19(29-10(2)23)30-11(3)24/h4-8,14-16,19H,1-3H3/t14-,15-,16-,20+/m1/s1. The van der Waals surface area contributed by atoms with Crippen LogP contribution >= 0.6 is 0 Å². The van der Waals surface area contributed by atoms with Crippen molar-refractivity contribution in [2.24, 2.45) is 11.8 Å². The Hall–Kier alpha value is -3.60. The van der Waals surface area contributed by atoms with Crippen molar-refractivity contribution in [2.75, 3.05) is 4.90 Å². The van der Waals surface area contributed by atoms with E-state index >= 15 is 0 Å². The summed E-state index contributed by atoms with van der Waals surface area (Å²) in [6.45, 7) is 3.75. The van der Waals surface area contributed by atoms with Crippen LogP contribution in [0.1, 0.15) is 19.4 Å². The molecule has 4 rings (SSSR count). The van der Waals surface area contributed by atoms with Gasteiger partial charge < -0.3 is 14.2 Å². The Morgan fingerprint density at radius 1 is 1.19 bits per heavy atom.